The molecule has 1 aromatic rings. The summed E-state index contributed by atoms with van der Waals surface area (Å²) < 4.78 is 0. The van der Waals surface area contributed by atoms with Gasteiger partial charge in [-0.15, -0.1) is 0 Å². The topological polar surface area (TPSA) is 35.8 Å². The predicted molar refractivity (Wildman–Crippen MR) is 55.4 cm³/mol. The highest BCUT2D eigenvalue weighted by Crippen LogP contribution is 2.10. The molecule has 0 heterocycles. The molecule has 0 aliphatic rings. The molecule has 0 saturated carbocycles. The summed E-state index contributed by atoms with van der Waals surface area (Å²) in [6.45, 7) is 3.59. The van der Waals surface area contributed by atoms with E-state index in [9.17, 15) is 0 Å². The summed E-state index contributed by atoms with van der Waals surface area (Å²) in [6.07, 6.45) is 0.928. The quantitative estimate of drug-likeness (QED) is 0.686. The minimum atomic E-state index is 0.396. The van der Waals surface area contributed by atoms with Gasteiger partial charge in [0.25, 0.3) is 0 Å². The third-order valence-corrected chi connectivity index (χ3v) is 2.10. The highest BCUT2D eigenvalue weighted by atomic mass is 14.9. The van der Waals surface area contributed by atoms with Crippen molar-refractivity contribution in [2.75, 3.05) is 13.1 Å². The van der Waals surface area contributed by atoms with E-state index in [0.717, 1.165) is 13.0 Å². The van der Waals surface area contributed by atoms with Crippen LogP contribution in [0.2, 0.25) is 0 Å². The van der Waals surface area contributed by atoms with Gasteiger partial charge in [0, 0.05) is 12.6 Å². The summed E-state index contributed by atoms with van der Waals surface area (Å²) in [7, 11) is 0. The number of rotatable bonds is 5. The van der Waals surface area contributed by atoms with Crippen LogP contribution in [0.15, 0.2) is 30.3 Å². The minimum absolute atomic E-state index is 0.396. The van der Waals surface area contributed by atoms with Crippen molar-refractivity contribution in [3.05, 3.63) is 35.9 Å². The Morgan fingerprint density at radius 2 is 2.00 bits per heavy atom. The zero-order valence-corrected chi connectivity index (χ0v) is 8.09. The molecular weight excluding hydrogens is 160 g/mol. The SMILES string of the molecule is C[C@H](NCCC[NH])c1ccccc1. The van der Waals surface area contributed by atoms with Gasteiger partial charge in [0.2, 0.25) is 0 Å². The van der Waals surface area contributed by atoms with Gasteiger partial charge in [-0.25, -0.2) is 0 Å². The standard InChI is InChI=1S/C11H17N2/c1-10(13-9-5-8-12)11-6-3-2-4-7-11/h2-4,6-7,10,12-13H,5,8-9H2,1H3/t10-/m0/s1. The minimum Gasteiger partial charge on any atom is -0.310 e. The second-order valence-electron chi connectivity index (χ2n) is 3.19. The van der Waals surface area contributed by atoms with E-state index in [-0.39, 0.29) is 0 Å². The van der Waals surface area contributed by atoms with Gasteiger partial charge in [-0.3, -0.25) is 5.73 Å². The highest BCUT2D eigenvalue weighted by molar-refractivity contribution is 5.17. The van der Waals surface area contributed by atoms with E-state index in [0.29, 0.717) is 12.6 Å². The summed E-state index contributed by atoms with van der Waals surface area (Å²) in [5, 5.41) is 3.38. The first-order valence-corrected chi connectivity index (χ1v) is 4.77. The van der Waals surface area contributed by atoms with Crippen LogP contribution in [0.4, 0.5) is 0 Å². The molecule has 0 aliphatic heterocycles. The Morgan fingerprint density at radius 1 is 1.31 bits per heavy atom. The Hall–Kier alpha value is -0.860. The van der Waals surface area contributed by atoms with E-state index in [1.807, 2.05) is 6.07 Å². The molecule has 0 aromatic heterocycles. The third-order valence-electron chi connectivity index (χ3n) is 2.10. The fraction of sp³-hybridized carbons (Fsp3) is 0.455. The second-order valence-corrected chi connectivity index (χ2v) is 3.19. The maximum absolute atomic E-state index is 7.01. The lowest BCUT2D eigenvalue weighted by Gasteiger charge is -2.13. The van der Waals surface area contributed by atoms with Crippen molar-refractivity contribution in [3.63, 3.8) is 0 Å². The molecule has 0 bridgehead atoms. The van der Waals surface area contributed by atoms with Crippen LogP contribution >= 0.6 is 0 Å². The monoisotopic (exact) mass is 177 g/mol. The molecule has 0 amide bonds. The van der Waals surface area contributed by atoms with Gasteiger partial charge in [0.1, 0.15) is 0 Å². The number of nitrogens with one attached hydrogen (secondary N) is 2. The van der Waals surface area contributed by atoms with Crippen LogP contribution in [-0.2, 0) is 0 Å². The Kier molecular flexibility index (Phi) is 4.50. The van der Waals surface area contributed by atoms with E-state index in [2.05, 4.69) is 36.5 Å². The van der Waals surface area contributed by atoms with Crippen LogP contribution in [0.5, 0.6) is 0 Å². The third kappa shape index (κ3) is 3.57. The molecule has 0 spiro atoms. The maximum Gasteiger partial charge on any atom is 0.0291 e. The fourth-order valence-electron chi connectivity index (χ4n) is 1.27. The summed E-state index contributed by atoms with van der Waals surface area (Å²) in [6, 6.07) is 10.8. The lowest BCUT2D eigenvalue weighted by atomic mass is 10.1. The molecule has 2 N–H and O–H groups in total. The lowest BCUT2D eigenvalue weighted by Crippen LogP contribution is -2.20. The van der Waals surface area contributed by atoms with Gasteiger partial charge in [-0.2, -0.15) is 0 Å². The van der Waals surface area contributed by atoms with E-state index >= 15 is 0 Å². The predicted octanol–water partition coefficient (Wildman–Crippen LogP) is 2.01. The normalized spacial score (nSPS) is 12.8. The summed E-state index contributed by atoms with van der Waals surface area (Å²) >= 11 is 0. The molecule has 1 rings (SSSR count). The van der Waals surface area contributed by atoms with Crippen LogP contribution in [-0.4, -0.2) is 13.1 Å². The van der Waals surface area contributed by atoms with E-state index < -0.39 is 0 Å². The average Bonchev–Trinajstić information content (AvgIpc) is 2.19. The van der Waals surface area contributed by atoms with Crippen molar-refractivity contribution in [2.45, 2.75) is 19.4 Å². The van der Waals surface area contributed by atoms with Crippen molar-refractivity contribution >= 4 is 0 Å². The van der Waals surface area contributed by atoms with E-state index in [1.54, 1.807) is 0 Å². The number of hydrogen-bond donors (Lipinski definition) is 1. The summed E-state index contributed by atoms with van der Waals surface area (Å²) in [5.41, 5.74) is 8.32. The largest absolute Gasteiger partial charge is 0.310 e. The first-order chi connectivity index (χ1) is 6.34. The maximum atomic E-state index is 7.01. The van der Waals surface area contributed by atoms with Gasteiger partial charge in [-0.1, -0.05) is 30.3 Å². The van der Waals surface area contributed by atoms with Gasteiger partial charge < -0.3 is 5.32 Å². The zero-order valence-electron chi connectivity index (χ0n) is 8.09. The van der Waals surface area contributed by atoms with Crippen molar-refractivity contribution < 1.29 is 0 Å². The second kappa shape index (κ2) is 5.73. The Balaban J connectivity index is 2.35. The van der Waals surface area contributed by atoms with Gasteiger partial charge >= 0.3 is 0 Å². The van der Waals surface area contributed by atoms with Crippen LogP contribution in [0.1, 0.15) is 24.9 Å². The van der Waals surface area contributed by atoms with Gasteiger partial charge in [0.05, 0.1) is 0 Å². The molecule has 0 saturated heterocycles. The molecule has 0 unspecified atom stereocenters. The molecule has 13 heavy (non-hydrogen) atoms. The van der Waals surface area contributed by atoms with Crippen LogP contribution in [0.25, 0.3) is 0 Å². The van der Waals surface area contributed by atoms with Gasteiger partial charge in [0.15, 0.2) is 0 Å². The molecule has 2 nitrogen and oxygen atoms in total. The van der Waals surface area contributed by atoms with E-state index in [4.69, 9.17) is 5.73 Å². The lowest BCUT2D eigenvalue weighted by molar-refractivity contribution is 0.560. The highest BCUT2D eigenvalue weighted by Gasteiger charge is 2.01. The molecule has 1 radical (unpaired) electrons. The number of hydrogen-bond acceptors (Lipinski definition) is 1. The molecule has 2 heteroatoms. The van der Waals surface area contributed by atoms with Crippen molar-refractivity contribution in [1.82, 2.24) is 11.1 Å². The summed E-state index contributed by atoms with van der Waals surface area (Å²) in [4.78, 5) is 0. The first-order valence-electron chi connectivity index (χ1n) is 4.77. The smallest absolute Gasteiger partial charge is 0.0291 e. The van der Waals surface area contributed by atoms with Crippen molar-refractivity contribution in [3.8, 4) is 0 Å². The summed E-state index contributed by atoms with van der Waals surface area (Å²) in [5.74, 6) is 0. The number of benzene rings is 1. The Labute approximate surface area is 80.1 Å². The molecule has 1 aromatic carbocycles. The van der Waals surface area contributed by atoms with Crippen molar-refractivity contribution in [1.29, 1.82) is 0 Å². The van der Waals surface area contributed by atoms with Crippen molar-refractivity contribution in [2.24, 2.45) is 0 Å². The zero-order chi connectivity index (χ0) is 9.52. The molecule has 71 valence electrons. The van der Waals surface area contributed by atoms with E-state index in [1.165, 1.54) is 5.56 Å². The Morgan fingerprint density at radius 3 is 2.62 bits per heavy atom. The average molecular weight is 177 g/mol. The molecule has 1 atom stereocenters. The van der Waals surface area contributed by atoms with Crippen LogP contribution in [0, 0.1) is 0 Å². The first kappa shape index (κ1) is 10.2. The Bertz CT molecular complexity index is 221. The fourth-order valence-corrected chi connectivity index (χ4v) is 1.27. The van der Waals surface area contributed by atoms with Crippen LogP contribution in [0.3, 0.4) is 0 Å². The molecule has 0 aliphatic carbocycles. The van der Waals surface area contributed by atoms with Gasteiger partial charge in [-0.05, 0) is 25.5 Å². The molecular formula is C11H17N2. The molecule has 0 fully saturated rings. The van der Waals surface area contributed by atoms with Crippen LogP contribution < -0.4 is 11.1 Å².